The van der Waals surface area contributed by atoms with E-state index in [-0.39, 0.29) is 19.1 Å². The Hall–Kier alpha value is -2.00. The van der Waals surface area contributed by atoms with Gasteiger partial charge in [0.15, 0.2) is 6.10 Å². The van der Waals surface area contributed by atoms with Gasteiger partial charge in [-0.15, -0.1) is 0 Å². The van der Waals surface area contributed by atoms with Gasteiger partial charge >= 0.3 is 11.9 Å². The van der Waals surface area contributed by atoms with Gasteiger partial charge in [-0.2, -0.15) is 0 Å². The van der Waals surface area contributed by atoms with Crippen molar-refractivity contribution >= 4 is 23.6 Å². The van der Waals surface area contributed by atoms with E-state index in [0.717, 1.165) is 19.3 Å². The Bertz CT molecular complexity index is 638. The molecule has 9 heteroatoms. The van der Waals surface area contributed by atoms with Gasteiger partial charge in [0, 0.05) is 26.3 Å². The summed E-state index contributed by atoms with van der Waals surface area (Å²) in [6, 6.07) is 0. The Balaban J connectivity index is 2.32. The van der Waals surface area contributed by atoms with E-state index in [4.69, 9.17) is 18.9 Å². The second-order valence-corrected chi connectivity index (χ2v) is 8.94. The number of carbonyl (C=O) groups excluding carboxylic acids is 4. The Kier molecular flexibility index (Phi) is 15.4. The number of esters is 2. The standard InChI is InChI=1S/C25H43NO8/c1-5-6-7-8-9-10-11-12-13-14-15-26-22(29)17-32-25-23(30)24(33-20(4)28)18(2)21(34-25)16-31-19(3)27/h18,21,24-25H,5-17H2,1-4H3,(H,26,29). The first-order valence-electron chi connectivity index (χ1n) is 12.6. The van der Waals surface area contributed by atoms with Crippen LogP contribution in [0.3, 0.4) is 0 Å². The molecule has 1 fully saturated rings. The Labute approximate surface area is 203 Å². The van der Waals surface area contributed by atoms with Crippen molar-refractivity contribution in [2.24, 2.45) is 5.92 Å². The molecule has 1 aliphatic rings. The van der Waals surface area contributed by atoms with Crippen molar-refractivity contribution in [2.75, 3.05) is 19.8 Å². The summed E-state index contributed by atoms with van der Waals surface area (Å²) >= 11 is 0. The number of Topliss-reactive ketones (excluding diaryl/α,β-unsaturated/α-hetero) is 1. The minimum Gasteiger partial charge on any atom is -0.463 e. The molecule has 1 rings (SSSR count). The zero-order valence-corrected chi connectivity index (χ0v) is 21.3. The fraction of sp³-hybridized carbons (Fsp3) is 0.840. The molecule has 1 amide bonds. The molecule has 34 heavy (non-hydrogen) atoms. The number of ketones is 1. The fourth-order valence-electron chi connectivity index (χ4n) is 3.84. The monoisotopic (exact) mass is 485 g/mol. The van der Waals surface area contributed by atoms with E-state index in [0.29, 0.717) is 6.54 Å². The van der Waals surface area contributed by atoms with E-state index in [9.17, 15) is 19.2 Å². The summed E-state index contributed by atoms with van der Waals surface area (Å²) in [5.74, 6) is -2.59. The zero-order chi connectivity index (χ0) is 25.3. The quantitative estimate of drug-likeness (QED) is 0.246. The van der Waals surface area contributed by atoms with Crippen LogP contribution >= 0.6 is 0 Å². The predicted octanol–water partition coefficient (Wildman–Crippen LogP) is 3.47. The smallest absolute Gasteiger partial charge is 0.303 e. The number of ether oxygens (including phenoxy) is 4. The third-order valence-electron chi connectivity index (χ3n) is 5.84. The number of amides is 1. The lowest BCUT2D eigenvalue weighted by Gasteiger charge is -2.37. The van der Waals surface area contributed by atoms with E-state index in [1.807, 2.05) is 0 Å². The van der Waals surface area contributed by atoms with E-state index in [1.165, 1.54) is 58.8 Å². The summed E-state index contributed by atoms with van der Waals surface area (Å²) in [5.41, 5.74) is 0. The molecule has 0 bridgehead atoms. The number of nitrogens with one attached hydrogen (secondary N) is 1. The minimum atomic E-state index is -1.39. The largest absolute Gasteiger partial charge is 0.463 e. The van der Waals surface area contributed by atoms with Crippen molar-refractivity contribution in [3.8, 4) is 0 Å². The van der Waals surface area contributed by atoms with E-state index < -0.39 is 42.1 Å². The summed E-state index contributed by atoms with van der Waals surface area (Å²) in [4.78, 5) is 47.3. The molecule has 1 heterocycles. The molecule has 1 saturated heterocycles. The number of hydrogen-bond acceptors (Lipinski definition) is 8. The van der Waals surface area contributed by atoms with Gasteiger partial charge in [-0.05, 0) is 6.42 Å². The molecule has 0 aliphatic carbocycles. The van der Waals surface area contributed by atoms with Gasteiger partial charge in [0.05, 0.1) is 0 Å². The van der Waals surface area contributed by atoms with E-state index in [1.54, 1.807) is 6.92 Å². The van der Waals surface area contributed by atoms with Crippen LogP contribution in [0.15, 0.2) is 0 Å². The van der Waals surface area contributed by atoms with Gasteiger partial charge in [0.2, 0.25) is 18.0 Å². The van der Waals surface area contributed by atoms with Crippen LogP contribution in [0.1, 0.15) is 91.9 Å². The second-order valence-electron chi connectivity index (χ2n) is 8.94. The first-order valence-corrected chi connectivity index (χ1v) is 12.6. The summed E-state index contributed by atoms with van der Waals surface area (Å²) in [6.07, 6.45) is 8.93. The molecule has 0 aromatic heterocycles. The second kappa shape index (κ2) is 17.4. The Morgan fingerprint density at radius 2 is 1.50 bits per heavy atom. The van der Waals surface area contributed by atoms with Crippen LogP contribution in [0, 0.1) is 5.92 Å². The Morgan fingerprint density at radius 3 is 2.06 bits per heavy atom. The van der Waals surface area contributed by atoms with Crippen molar-refractivity contribution in [3.05, 3.63) is 0 Å². The van der Waals surface area contributed by atoms with Crippen LogP contribution in [0.2, 0.25) is 0 Å². The highest BCUT2D eigenvalue weighted by molar-refractivity contribution is 5.89. The van der Waals surface area contributed by atoms with Crippen LogP contribution in [0.4, 0.5) is 0 Å². The topological polar surface area (TPSA) is 117 Å². The van der Waals surface area contributed by atoms with E-state index in [2.05, 4.69) is 12.2 Å². The maximum atomic E-state index is 12.7. The molecule has 1 aliphatic heterocycles. The van der Waals surface area contributed by atoms with Crippen LogP contribution in [-0.4, -0.2) is 61.9 Å². The fourth-order valence-corrected chi connectivity index (χ4v) is 3.84. The normalized spacial score (nSPS) is 22.3. The predicted molar refractivity (Wildman–Crippen MR) is 126 cm³/mol. The van der Waals surface area contributed by atoms with Gasteiger partial charge in [-0.3, -0.25) is 19.2 Å². The molecule has 9 nitrogen and oxygen atoms in total. The van der Waals surface area contributed by atoms with Gasteiger partial charge in [0.25, 0.3) is 0 Å². The van der Waals surface area contributed by atoms with Gasteiger partial charge in [0.1, 0.15) is 19.3 Å². The van der Waals surface area contributed by atoms with Crippen LogP contribution in [0.5, 0.6) is 0 Å². The molecule has 0 aromatic carbocycles. The molecule has 4 unspecified atom stereocenters. The van der Waals surface area contributed by atoms with Crippen molar-refractivity contribution in [3.63, 3.8) is 0 Å². The zero-order valence-electron chi connectivity index (χ0n) is 21.3. The summed E-state index contributed by atoms with van der Waals surface area (Å²) < 4.78 is 21.1. The minimum absolute atomic E-state index is 0.119. The van der Waals surface area contributed by atoms with Crippen molar-refractivity contribution in [2.45, 2.75) is 110 Å². The third-order valence-corrected chi connectivity index (χ3v) is 5.84. The lowest BCUT2D eigenvalue weighted by Crippen LogP contribution is -2.55. The van der Waals surface area contributed by atoms with Gasteiger partial charge in [-0.1, -0.05) is 71.6 Å². The molecule has 196 valence electrons. The van der Waals surface area contributed by atoms with Crippen LogP contribution < -0.4 is 5.32 Å². The molecule has 0 radical (unpaired) electrons. The van der Waals surface area contributed by atoms with Gasteiger partial charge < -0.3 is 24.3 Å². The SMILES string of the molecule is CCCCCCCCCCCCNC(=O)COC1OC(COC(C)=O)C(C)C(OC(C)=O)C1=O. The molecular formula is C25H43NO8. The molecule has 0 spiro atoms. The molecular weight excluding hydrogens is 442 g/mol. The molecule has 4 atom stereocenters. The maximum absolute atomic E-state index is 12.7. The first-order chi connectivity index (χ1) is 16.3. The maximum Gasteiger partial charge on any atom is 0.303 e. The highest BCUT2D eigenvalue weighted by atomic mass is 16.7. The number of unbranched alkanes of at least 4 members (excludes halogenated alkanes) is 9. The van der Waals surface area contributed by atoms with Crippen LogP contribution in [-0.2, 0) is 38.1 Å². The van der Waals surface area contributed by atoms with E-state index >= 15 is 0 Å². The first kappa shape index (κ1) is 30.0. The lowest BCUT2D eigenvalue weighted by atomic mass is 9.91. The number of rotatable bonds is 17. The van der Waals surface area contributed by atoms with Crippen molar-refractivity contribution in [1.82, 2.24) is 5.32 Å². The van der Waals surface area contributed by atoms with Crippen molar-refractivity contribution < 1.29 is 38.1 Å². The van der Waals surface area contributed by atoms with Crippen molar-refractivity contribution in [1.29, 1.82) is 0 Å². The number of carbonyl (C=O) groups is 4. The Morgan fingerprint density at radius 1 is 0.912 bits per heavy atom. The molecule has 1 N–H and O–H groups in total. The summed E-state index contributed by atoms with van der Waals surface area (Å²) in [7, 11) is 0. The average molecular weight is 486 g/mol. The van der Waals surface area contributed by atoms with Gasteiger partial charge in [-0.25, -0.2) is 0 Å². The molecule has 0 saturated carbocycles. The van der Waals surface area contributed by atoms with Crippen LogP contribution in [0.25, 0.3) is 0 Å². The third kappa shape index (κ3) is 12.5. The molecule has 0 aromatic rings. The lowest BCUT2D eigenvalue weighted by molar-refractivity contribution is -0.231. The highest BCUT2D eigenvalue weighted by Crippen LogP contribution is 2.26. The number of hydrogen-bond donors (Lipinski definition) is 1. The summed E-state index contributed by atoms with van der Waals surface area (Å²) in [6.45, 7) is 6.40. The average Bonchev–Trinajstić information content (AvgIpc) is 2.78. The summed E-state index contributed by atoms with van der Waals surface area (Å²) in [5, 5.41) is 2.78. The highest BCUT2D eigenvalue weighted by Gasteiger charge is 2.46.